The molecule has 4 aromatic heterocycles. The van der Waals surface area contributed by atoms with Crippen LogP contribution < -0.4 is 20.7 Å². The average Bonchev–Trinajstić information content (AvgIpc) is 4.01. The van der Waals surface area contributed by atoms with Crippen molar-refractivity contribution < 1.29 is 0 Å². The van der Waals surface area contributed by atoms with Crippen molar-refractivity contribution in [1.29, 1.82) is 0 Å². The number of pyridine rings is 1. The van der Waals surface area contributed by atoms with Gasteiger partial charge in [-0.05, 0) is 75.3 Å². The lowest BCUT2D eigenvalue weighted by Gasteiger charge is -2.35. The number of aromatic nitrogens is 4. The minimum absolute atomic E-state index is 0.869. The first-order valence-electron chi connectivity index (χ1n) is 22.0. The van der Waals surface area contributed by atoms with Gasteiger partial charge in [-0.15, -0.1) is 0 Å². The topological polar surface area (TPSA) is 27.7 Å². The van der Waals surface area contributed by atoms with Crippen LogP contribution in [-0.4, -0.2) is 26.8 Å². The van der Waals surface area contributed by atoms with Gasteiger partial charge >= 0.3 is 0 Å². The molecular formula is C59H40N4Si. The molecule has 5 heteroatoms. The third-order valence-electron chi connectivity index (χ3n) is 13.4. The fraction of sp³-hybridized carbons (Fsp3) is 0. The molecule has 0 aliphatic carbocycles. The van der Waals surface area contributed by atoms with Crippen molar-refractivity contribution in [3.05, 3.63) is 243 Å². The summed E-state index contributed by atoms with van der Waals surface area (Å²) in [4.78, 5) is 6.01. The highest BCUT2D eigenvalue weighted by Gasteiger charge is 2.44. The van der Waals surface area contributed by atoms with Crippen LogP contribution in [0.25, 0.3) is 82.7 Å². The van der Waals surface area contributed by atoms with E-state index in [1.165, 1.54) is 64.1 Å². The SMILES string of the molecule is c1ccc([Si](c2ccccc2)(c2ccccc2)c2ccc(-n3c4ccccc4c4cc(-n5c6ccccc6c6ccccc65)ccc43)nc2-n2c3ccccc3c3ccccc32)cc1. The highest BCUT2D eigenvalue weighted by atomic mass is 28.3. The summed E-state index contributed by atoms with van der Waals surface area (Å²) < 4.78 is 7.22. The van der Waals surface area contributed by atoms with E-state index in [9.17, 15) is 0 Å². The Bertz CT molecular complexity index is 3700. The van der Waals surface area contributed by atoms with Gasteiger partial charge in [0.05, 0.1) is 33.1 Å². The Hall–Kier alpha value is -8.25. The van der Waals surface area contributed by atoms with Gasteiger partial charge in [-0.1, -0.05) is 188 Å². The number of rotatable bonds is 7. The van der Waals surface area contributed by atoms with E-state index in [1.807, 2.05) is 0 Å². The molecule has 0 spiro atoms. The van der Waals surface area contributed by atoms with Gasteiger partial charge in [0.15, 0.2) is 8.07 Å². The Kier molecular flexibility index (Phi) is 8.20. The first-order valence-corrected chi connectivity index (χ1v) is 24.0. The summed E-state index contributed by atoms with van der Waals surface area (Å²) in [5.74, 6) is 1.81. The zero-order valence-corrected chi connectivity index (χ0v) is 35.9. The van der Waals surface area contributed by atoms with Crippen molar-refractivity contribution in [3.63, 3.8) is 0 Å². The largest absolute Gasteiger partial charge is 0.309 e. The van der Waals surface area contributed by atoms with E-state index in [0.717, 1.165) is 39.4 Å². The molecule has 0 amide bonds. The molecule has 9 aromatic carbocycles. The molecule has 4 heterocycles. The van der Waals surface area contributed by atoms with Gasteiger partial charge in [-0.25, -0.2) is 4.98 Å². The lowest BCUT2D eigenvalue weighted by molar-refractivity contribution is 1.02. The van der Waals surface area contributed by atoms with Crippen molar-refractivity contribution in [3.8, 4) is 17.3 Å². The van der Waals surface area contributed by atoms with Gasteiger partial charge in [0.1, 0.15) is 11.6 Å². The Morgan fingerprint density at radius 1 is 0.281 bits per heavy atom. The number of benzene rings is 9. The molecule has 13 aromatic rings. The van der Waals surface area contributed by atoms with Crippen molar-refractivity contribution in [1.82, 2.24) is 18.7 Å². The predicted molar refractivity (Wildman–Crippen MR) is 271 cm³/mol. The van der Waals surface area contributed by atoms with E-state index in [4.69, 9.17) is 4.98 Å². The minimum Gasteiger partial charge on any atom is -0.309 e. The Labute approximate surface area is 371 Å². The number of nitrogens with zero attached hydrogens (tertiary/aromatic N) is 4. The van der Waals surface area contributed by atoms with Gasteiger partial charge < -0.3 is 4.57 Å². The van der Waals surface area contributed by atoms with E-state index in [0.29, 0.717) is 0 Å². The first-order chi connectivity index (χ1) is 31.8. The molecule has 0 saturated heterocycles. The normalized spacial score (nSPS) is 12.1. The van der Waals surface area contributed by atoms with Crippen LogP contribution in [-0.2, 0) is 0 Å². The molecule has 0 fully saturated rings. The van der Waals surface area contributed by atoms with Crippen LogP contribution in [0.1, 0.15) is 0 Å². The average molecular weight is 833 g/mol. The van der Waals surface area contributed by atoms with Gasteiger partial charge in [0.2, 0.25) is 0 Å². The van der Waals surface area contributed by atoms with Crippen molar-refractivity contribution in [2.45, 2.75) is 0 Å². The first kappa shape index (κ1) is 36.4. The number of hydrogen-bond donors (Lipinski definition) is 0. The highest BCUT2D eigenvalue weighted by molar-refractivity contribution is 7.20. The van der Waals surface area contributed by atoms with E-state index in [-0.39, 0.29) is 0 Å². The Balaban J connectivity index is 1.14. The maximum absolute atomic E-state index is 6.01. The molecule has 0 aliphatic rings. The number of hydrogen-bond acceptors (Lipinski definition) is 1. The number of fused-ring (bicyclic) bond motifs is 9. The highest BCUT2D eigenvalue weighted by Crippen LogP contribution is 2.38. The van der Waals surface area contributed by atoms with Crippen LogP contribution in [0.15, 0.2) is 243 Å². The summed E-state index contributed by atoms with van der Waals surface area (Å²) in [7, 11) is -3.07. The molecule has 0 unspecified atom stereocenters. The second-order valence-electron chi connectivity index (χ2n) is 16.7. The van der Waals surface area contributed by atoms with E-state index in [1.54, 1.807) is 0 Å². The summed E-state index contributed by atoms with van der Waals surface area (Å²) in [5, 5.41) is 12.4. The van der Waals surface area contributed by atoms with Gasteiger partial charge in [-0.3, -0.25) is 9.13 Å². The lowest BCUT2D eigenvalue weighted by atomic mass is 10.1. The van der Waals surface area contributed by atoms with Crippen LogP contribution in [0, 0.1) is 0 Å². The maximum atomic E-state index is 6.01. The smallest absolute Gasteiger partial charge is 0.183 e. The van der Waals surface area contributed by atoms with Gasteiger partial charge in [0.25, 0.3) is 0 Å². The lowest BCUT2D eigenvalue weighted by Crippen LogP contribution is -2.75. The molecular weight excluding hydrogens is 793 g/mol. The summed E-state index contributed by atoms with van der Waals surface area (Å²) in [6.07, 6.45) is 0. The molecule has 64 heavy (non-hydrogen) atoms. The summed E-state index contributed by atoms with van der Waals surface area (Å²) in [6.45, 7) is 0. The van der Waals surface area contributed by atoms with Crippen LogP contribution in [0.4, 0.5) is 0 Å². The van der Waals surface area contributed by atoms with Crippen molar-refractivity contribution in [2.75, 3.05) is 0 Å². The van der Waals surface area contributed by atoms with Gasteiger partial charge in [-0.2, -0.15) is 0 Å². The zero-order valence-electron chi connectivity index (χ0n) is 34.9. The van der Waals surface area contributed by atoms with Crippen LogP contribution >= 0.6 is 0 Å². The van der Waals surface area contributed by atoms with Crippen molar-refractivity contribution in [2.24, 2.45) is 0 Å². The third-order valence-corrected chi connectivity index (χ3v) is 18.2. The molecule has 300 valence electrons. The fourth-order valence-corrected chi connectivity index (χ4v) is 15.6. The van der Waals surface area contributed by atoms with Crippen molar-refractivity contribution >= 4 is 94.2 Å². The Morgan fingerprint density at radius 2 is 0.641 bits per heavy atom. The molecule has 0 atom stereocenters. The van der Waals surface area contributed by atoms with E-state index < -0.39 is 8.07 Å². The molecule has 0 bridgehead atoms. The fourth-order valence-electron chi connectivity index (χ4n) is 10.8. The van der Waals surface area contributed by atoms with Crippen LogP contribution in [0.2, 0.25) is 0 Å². The quantitative estimate of drug-likeness (QED) is 0.116. The van der Waals surface area contributed by atoms with E-state index >= 15 is 0 Å². The van der Waals surface area contributed by atoms with E-state index in [2.05, 4.69) is 256 Å². The van der Waals surface area contributed by atoms with Gasteiger partial charge in [0, 0.05) is 38.0 Å². The third kappa shape index (κ3) is 5.25. The Morgan fingerprint density at radius 3 is 1.09 bits per heavy atom. The van der Waals surface area contributed by atoms with Crippen LogP contribution in [0.3, 0.4) is 0 Å². The molecule has 0 saturated carbocycles. The maximum Gasteiger partial charge on any atom is 0.183 e. The standard InChI is InChI=1S/C59H40N4Si/c1-4-20-42(21-5-1)64(43-22-6-2-7-23-43,44-24-8-3-9-25-44)57-38-39-58(60-59(57)63-54-34-18-12-28-47(54)48-29-13-19-35-55(48)63)62-53-33-17-14-30-49(53)50-40-41(36-37-56(50)62)61-51-31-15-10-26-45(51)46-27-11-16-32-52(46)61/h1-40H. The molecule has 0 radical (unpaired) electrons. The second-order valence-corrected chi connectivity index (χ2v) is 20.5. The monoisotopic (exact) mass is 832 g/mol. The summed E-state index contributed by atoms with van der Waals surface area (Å²) >= 11 is 0. The predicted octanol–water partition coefficient (Wildman–Crippen LogP) is 11.8. The summed E-state index contributed by atoms with van der Waals surface area (Å²) in [6, 6.07) is 89.0. The second kappa shape index (κ2) is 14.4. The van der Waals surface area contributed by atoms with Crippen LogP contribution in [0.5, 0.6) is 0 Å². The zero-order chi connectivity index (χ0) is 42.2. The molecule has 4 nitrogen and oxygen atoms in total. The molecule has 0 N–H and O–H groups in total. The molecule has 13 rings (SSSR count). The number of para-hydroxylation sites is 5. The molecule has 0 aliphatic heterocycles. The summed E-state index contributed by atoms with van der Waals surface area (Å²) in [5.41, 5.74) is 8.01. The minimum atomic E-state index is -3.07.